The van der Waals surface area contributed by atoms with Gasteiger partial charge in [0.15, 0.2) is 0 Å². The zero-order chi connectivity index (χ0) is 10.2. The highest BCUT2D eigenvalue weighted by atomic mass is 16.5. The van der Waals surface area contributed by atoms with Gasteiger partial charge in [0.05, 0.1) is 6.10 Å². The van der Waals surface area contributed by atoms with Gasteiger partial charge >= 0.3 is 0 Å². The normalized spacial score (nSPS) is 37.9. The van der Waals surface area contributed by atoms with E-state index in [4.69, 9.17) is 4.74 Å². The van der Waals surface area contributed by atoms with Crippen LogP contribution in [0, 0.1) is 0 Å². The van der Waals surface area contributed by atoms with Gasteiger partial charge in [-0.1, -0.05) is 0 Å². The lowest BCUT2D eigenvalue weighted by Crippen LogP contribution is -2.64. The Kier molecular flexibility index (Phi) is 2.82. The molecule has 0 aromatic rings. The van der Waals surface area contributed by atoms with E-state index in [9.17, 15) is 0 Å². The highest BCUT2D eigenvalue weighted by Crippen LogP contribution is 2.32. The molecule has 1 saturated heterocycles. The van der Waals surface area contributed by atoms with Gasteiger partial charge in [-0.15, -0.1) is 0 Å². The largest absolute Gasteiger partial charge is 0.381 e. The molecule has 0 spiro atoms. The van der Waals surface area contributed by atoms with Crippen LogP contribution in [0.4, 0.5) is 0 Å². The third-order valence-electron chi connectivity index (χ3n) is 3.71. The molecule has 1 N–H and O–H groups in total. The summed E-state index contributed by atoms with van der Waals surface area (Å²) in [6.07, 6.45) is 2.96. The van der Waals surface area contributed by atoms with E-state index < -0.39 is 0 Å². The van der Waals surface area contributed by atoms with Crippen molar-refractivity contribution in [2.24, 2.45) is 0 Å². The smallest absolute Gasteiger partial charge is 0.0601 e. The van der Waals surface area contributed by atoms with E-state index in [2.05, 4.69) is 24.1 Å². The molecular weight excluding hydrogens is 176 g/mol. The minimum Gasteiger partial charge on any atom is -0.381 e. The molecule has 0 unspecified atom stereocenters. The Morgan fingerprint density at radius 1 is 1.36 bits per heavy atom. The summed E-state index contributed by atoms with van der Waals surface area (Å²) in [6.45, 7) is 8.10. The van der Waals surface area contributed by atoms with Gasteiger partial charge in [-0.05, 0) is 26.7 Å². The van der Waals surface area contributed by atoms with Gasteiger partial charge in [0.2, 0.25) is 0 Å². The number of ether oxygens (including phenoxy) is 1. The second-order valence-electron chi connectivity index (χ2n) is 5.17. The fourth-order valence-electron chi connectivity index (χ4n) is 2.66. The summed E-state index contributed by atoms with van der Waals surface area (Å²) < 4.78 is 5.33. The highest BCUT2D eigenvalue weighted by molar-refractivity contribution is 4.97. The van der Waals surface area contributed by atoms with Gasteiger partial charge in [-0.25, -0.2) is 0 Å². The molecule has 1 saturated carbocycles. The Labute approximate surface area is 86.8 Å². The van der Waals surface area contributed by atoms with E-state index in [1.54, 1.807) is 0 Å². The van der Waals surface area contributed by atoms with Crippen molar-refractivity contribution in [2.75, 3.05) is 26.7 Å². The number of rotatable bonds is 2. The van der Waals surface area contributed by atoms with Crippen LogP contribution >= 0.6 is 0 Å². The molecular formula is C11H22N2O. The van der Waals surface area contributed by atoms with Gasteiger partial charge in [0, 0.05) is 38.3 Å². The Hall–Kier alpha value is -0.120. The van der Waals surface area contributed by atoms with Crippen LogP contribution in [0.15, 0.2) is 0 Å². The first-order valence-corrected chi connectivity index (χ1v) is 5.64. The van der Waals surface area contributed by atoms with Crippen molar-refractivity contribution in [3.63, 3.8) is 0 Å². The summed E-state index contributed by atoms with van der Waals surface area (Å²) in [6, 6.07) is 0.761. The predicted molar refractivity (Wildman–Crippen MR) is 57.5 cm³/mol. The summed E-state index contributed by atoms with van der Waals surface area (Å²) in [5.74, 6) is 0. The van der Waals surface area contributed by atoms with Crippen molar-refractivity contribution in [1.29, 1.82) is 0 Å². The molecule has 1 aliphatic heterocycles. The second-order valence-corrected chi connectivity index (χ2v) is 5.17. The molecule has 1 aliphatic carbocycles. The standard InChI is InChI=1S/C11H22N2O/c1-11(2)8-12-4-5-13(11)9-6-10(7-9)14-3/h9-10,12H,4-8H2,1-3H3. The molecule has 0 aromatic heterocycles. The zero-order valence-electron chi connectivity index (χ0n) is 9.55. The first-order valence-electron chi connectivity index (χ1n) is 5.64. The third kappa shape index (κ3) is 1.81. The lowest BCUT2D eigenvalue weighted by molar-refractivity contribution is -0.0664. The minimum absolute atomic E-state index is 0.321. The summed E-state index contributed by atoms with van der Waals surface area (Å²) in [5, 5.41) is 3.46. The maximum atomic E-state index is 5.33. The number of methoxy groups -OCH3 is 1. The maximum absolute atomic E-state index is 5.33. The van der Waals surface area contributed by atoms with Crippen LogP contribution in [-0.2, 0) is 4.74 Å². The van der Waals surface area contributed by atoms with Gasteiger partial charge < -0.3 is 10.1 Å². The Balaban J connectivity index is 1.90. The molecule has 14 heavy (non-hydrogen) atoms. The molecule has 2 aliphatic rings. The van der Waals surface area contributed by atoms with E-state index in [0.717, 1.165) is 19.1 Å². The average molecular weight is 198 g/mol. The van der Waals surface area contributed by atoms with Crippen molar-refractivity contribution in [3.8, 4) is 0 Å². The van der Waals surface area contributed by atoms with Crippen molar-refractivity contribution in [3.05, 3.63) is 0 Å². The number of piperazine rings is 1. The second kappa shape index (κ2) is 3.80. The average Bonchev–Trinajstić information content (AvgIpc) is 2.05. The minimum atomic E-state index is 0.321. The molecule has 0 amide bonds. The van der Waals surface area contributed by atoms with E-state index in [1.165, 1.54) is 19.4 Å². The van der Waals surface area contributed by atoms with Crippen LogP contribution in [0.3, 0.4) is 0 Å². The predicted octanol–water partition coefficient (Wildman–Crippen LogP) is 0.848. The summed E-state index contributed by atoms with van der Waals surface area (Å²) in [7, 11) is 1.82. The van der Waals surface area contributed by atoms with Crippen molar-refractivity contribution < 1.29 is 4.74 Å². The van der Waals surface area contributed by atoms with Gasteiger partial charge in [0.1, 0.15) is 0 Å². The Bertz CT molecular complexity index is 199. The quantitative estimate of drug-likeness (QED) is 0.712. The topological polar surface area (TPSA) is 24.5 Å². The van der Waals surface area contributed by atoms with Gasteiger partial charge in [-0.2, -0.15) is 0 Å². The fraction of sp³-hybridized carbons (Fsp3) is 1.00. The van der Waals surface area contributed by atoms with E-state index in [-0.39, 0.29) is 0 Å². The third-order valence-corrected chi connectivity index (χ3v) is 3.71. The lowest BCUT2D eigenvalue weighted by Gasteiger charge is -2.52. The fourth-order valence-corrected chi connectivity index (χ4v) is 2.66. The molecule has 3 nitrogen and oxygen atoms in total. The molecule has 1 heterocycles. The summed E-state index contributed by atoms with van der Waals surface area (Å²) in [4.78, 5) is 2.65. The molecule has 0 bridgehead atoms. The number of nitrogens with zero attached hydrogens (tertiary/aromatic N) is 1. The van der Waals surface area contributed by atoms with Crippen LogP contribution in [0.2, 0.25) is 0 Å². The highest BCUT2D eigenvalue weighted by Gasteiger charge is 2.41. The van der Waals surface area contributed by atoms with Crippen molar-refractivity contribution in [1.82, 2.24) is 10.2 Å². The van der Waals surface area contributed by atoms with Crippen LogP contribution in [-0.4, -0.2) is 49.3 Å². The van der Waals surface area contributed by atoms with E-state index in [1.807, 2.05) is 7.11 Å². The van der Waals surface area contributed by atoms with Gasteiger partial charge in [0.25, 0.3) is 0 Å². The van der Waals surface area contributed by atoms with Crippen molar-refractivity contribution in [2.45, 2.75) is 44.4 Å². The summed E-state index contributed by atoms with van der Waals surface area (Å²) >= 11 is 0. The van der Waals surface area contributed by atoms with Crippen LogP contribution in [0.5, 0.6) is 0 Å². The number of hydrogen-bond acceptors (Lipinski definition) is 3. The van der Waals surface area contributed by atoms with E-state index in [0.29, 0.717) is 11.6 Å². The van der Waals surface area contributed by atoms with Crippen LogP contribution < -0.4 is 5.32 Å². The van der Waals surface area contributed by atoms with Gasteiger partial charge in [-0.3, -0.25) is 4.90 Å². The number of nitrogens with one attached hydrogen (secondary N) is 1. The molecule has 3 heteroatoms. The maximum Gasteiger partial charge on any atom is 0.0601 e. The lowest BCUT2D eigenvalue weighted by atomic mass is 9.84. The van der Waals surface area contributed by atoms with Crippen molar-refractivity contribution >= 4 is 0 Å². The molecule has 82 valence electrons. The summed E-state index contributed by atoms with van der Waals surface area (Å²) in [5.41, 5.74) is 0.321. The molecule has 2 fully saturated rings. The number of hydrogen-bond donors (Lipinski definition) is 1. The molecule has 0 radical (unpaired) electrons. The molecule has 0 atom stereocenters. The van der Waals surface area contributed by atoms with Crippen LogP contribution in [0.25, 0.3) is 0 Å². The van der Waals surface area contributed by atoms with E-state index >= 15 is 0 Å². The Morgan fingerprint density at radius 2 is 2.07 bits per heavy atom. The molecule has 2 rings (SSSR count). The first kappa shape index (κ1) is 10.4. The monoisotopic (exact) mass is 198 g/mol. The SMILES string of the molecule is COC1CC(N2CCNCC2(C)C)C1. The first-order chi connectivity index (χ1) is 6.63. The van der Waals surface area contributed by atoms with Crippen LogP contribution in [0.1, 0.15) is 26.7 Å². The molecule has 0 aromatic carbocycles. The zero-order valence-corrected chi connectivity index (χ0v) is 9.55. The Morgan fingerprint density at radius 3 is 2.64 bits per heavy atom.